The molecule has 4 aliphatic rings. The van der Waals surface area contributed by atoms with Crippen LogP contribution in [0.25, 0.3) is 10.9 Å². The van der Waals surface area contributed by atoms with Crippen LogP contribution < -0.4 is 10.6 Å². The number of fused-ring (bicyclic) bond motifs is 1. The van der Waals surface area contributed by atoms with Crippen LogP contribution in [0.15, 0.2) is 79.3 Å². The summed E-state index contributed by atoms with van der Waals surface area (Å²) in [6.45, 7) is 0.354. The highest BCUT2D eigenvalue weighted by atomic mass is 16.2. The van der Waals surface area contributed by atoms with E-state index in [1.165, 1.54) is 44.1 Å². The number of rotatable bonds is 8. The molecule has 2 amide bonds. The summed E-state index contributed by atoms with van der Waals surface area (Å²) in [5, 5.41) is 7.10. The van der Waals surface area contributed by atoms with Crippen LogP contribution >= 0.6 is 0 Å². The lowest BCUT2D eigenvalue weighted by Crippen LogP contribution is -2.48. The van der Waals surface area contributed by atoms with Gasteiger partial charge < -0.3 is 15.6 Å². The largest absolute Gasteiger partial charge is 0.361 e. The van der Waals surface area contributed by atoms with Gasteiger partial charge in [-0.25, -0.2) is 0 Å². The molecule has 4 saturated carbocycles. The normalized spacial score (nSPS) is 25.6. The van der Waals surface area contributed by atoms with Crippen molar-refractivity contribution in [2.45, 2.75) is 62.9 Å². The smallest absolute Gasteiger partial charge is 0.251 e. The van der Waals surface area contributed by atoms with Crippen LogP contribution in [0, 0.1) is 17.8 Å². The average Bonchev–Trinajstić information content (AvgIpc) is 3.38. The molecule has 4 aromatic rings. The number of benzene rings is 2. The van der Waals surface area contributed by atoms with Crippen LogP contribution in [0.5, 0.6) is 0 Å². The molecule has 6 nitrogen and oxygen atoms in total. The Labute approximate surface area is 235 Å². The second kappa shape index (κ2) is 10.2. The van der Waals surface area contributed by atoms with Crippen LogP contribution in [0.2, 0.25) is 0 Å². The molecule has 40 heavy (non-hydrogen) atoms. The summed E-state index contributed by atoms with van der Waals surface area (Å²) in [6, 6.07) is 19.3. The van der Waals surface area contributed by atoms with Gasteiger partial charge in [0.25, 0.3) is 5.91 Å². The molecule has 4 bridgehead atoms. The van der Waals surface area contributed by atoms with Gasteiger partial charge in [0.2, 0.25) is 5.91 Å². The van der Waals surface area contributed by atoms with E-state index >= 15 is 0 Å². The molecule has 0 radical (unpaired) electrons. The Balaban J connectivity index is 1.09. The molecule has 0 saturated heterocycles. The van der Waals surface area contributed by atoms with E-state index in [-0.39, 0.29) is 11.8 Å². The van der Waals surface area contributed by atoms with E-state index in [4.69, 9.17) is 0 Å². The number of hydrogen-bond acceptors (Lipinski definition) is 3. The van der Waals surface area contributed by atoms with Crippen molar-refractivity contribution >= 4 is 22.7 Å². The predicted octanol–water partition coefficient (Wildman–Crippen LogP) is 5.69. The predicted molar refractivity (Wildman–Crippen MR) is 156 cm³/mol. The molecule has 2 heterocycles. The SMILES string of the molecule is O=C(N[C@@H](Cc1c[nH]c2ccccc12)C(=O)NCc1cccnc1)c1ccc(C23CC4CC(CC(C4)C2)C3)cc1. The Bertz CT molecular complexity index is 1490. The summed E-state index contributed by atoms with van der Waals surface area (Å²) < 4.78 is 0. The van der Waals surface area contributed by atoms with Crippen molar-refractivity contribution in [1.29, 1.82) is 0 Å². The van der Waals surface area contributed by atoms with Crippen LogP contribution in [0.1, 0.15) is 65.6 Å². The highest BCUT2D eigenvalue weighted by Gasteiger charge is 2.51. The summed E-state index contributed by atoms with van der Waals surface area (Å²) >= 11 is 0. The van der Waals surface area contributed by atoms with E-state index in [9.17, 15) is 9.59 Å². The number of aromatic amines is 1. The number of pyridine rings is 1. The van der Waals surface area contributed by atoms with Crippen molar-refractivity contribution in [2.24, 2.45) is 17.8 Å². The first kappa shape index (κ1) is 25.1. The monoisotopic (exact) mass is 532 g/mol. The lowest BCUT2D eigenvalue weighted by Gasteiger charge is -2.57. The number of nitrogens with zero attached hydrogens (tertiary/aromatic N) is 1. The van der Waals surface area contributed by atoms with Gasteiger partial charge in [-0.1, -0.05) is 36.4 Å². The maximum absolute atomic E-state index is 13.5. The number of nitrogens with one attached hydrogen (secondary N) is 3. The molecule has 8 rings (SSSR count). The Morgan fingerprint density at radius 2 is 1.65 bits per heavy atom. The van der Waals surface area contributed by atoms with Gasteiger partial charge in [0, 0.05) is 48.0 Å². The molecule has 0 spiro atoms. The van der Waals surface area contributed by atoms with Gasteiger partial charge in [0.15, 0.2) is 0 Å². The van der Waals surface area contributed by atoms with E-state index < -0.39 is 6.04 Å². The third-order valence-electron chi connectivity index (χ3n) is 9.71. The first-order valence-corrected chi connectivity index (χ1v) is 14.7. The van der Waals surface area contributed by atoms with Crippen molar-refractivity contribution in [3.05, 3.63) is 102 Å². The maximum atomic E-state index is 13.5. The van der Waals surface area contributed by atoms with Crippen LogP contribution in [0.3, 0.4) is 0 Å². The summed E-state index contributed by atoms with van der Waals surface area (Å²) in [6.07, 6.45) is 13.9. The highest BCUT2D eigenvalue weighted by molar-refractivity contribution is 5.98. The van der Waals surface area contributed by atoms with Crippen molar-refractivity contribution < 1.29 is 9.59 Å². The Morgan fingerprint density at radius 3 is 2.35 bits per heavy atom. The number of hydrogen-bond donors (Lipinski definition) is 3. The fraction of sp³-hybridized carbons (Fsp3) is 0.382. The topological polar surface area (TPSA) is 86.9 Å². The van der Waals surface area contributed by atoms with Crippen LogP contribution in [-0.2, 0) is 23.2 Å². The lowest BCUT2D eigenvalue weighted by molar-refractivity contribution is -0.123. The maximum Gasteiger partial charge on any atom is 0.251 e. The summed E-state index contributed by atoms with van der Waals surface area (Å²) in [4.78, 5) is 34.3. The zero-order valence-corrected chi connectivity index (χ0v) is 22.7. The first-order chi connectivity index (χ1) is 19.5. The van der Waals surface area contributed by atoms with E-state index in [1.54, 1.807) is 12.4 Å². The molecule has 6 heteroatoms. The third kappa shape index (κ3) is 4.80. The third-order valence-corrected chi connectivity index (χ3v) is 9.71. The van der Waals surface area contributed by atoms with Crippen molar-refractivity contribution in [3.63, 3.8) is 0 Å². The summed E-state index contributed by atoms with van der Waals surface area (Å²) in [5.41, 5.74) is 5.21. The van der Waals surface area contributed by atoms with E-state index in [0.29, 0.717) is 23.9 Å². The molecule has 0 unspecified atom stereocenters. The van der Waals surface area contributed by atoms with Crippen molar-refractivity contribution in [1.82, 2.24) is 20.6 Å². The number of para-hydroxylation sites is 1. The first-order valence-electron chi connectivity index (χ1n) is 14.7. The number of amides is 2. The molecule has 4 fully saturated rings. The summed E-state index contributed by atoms with van der Waals surface area (Å²) in [7, 11) is 0. The minimum absolute atomic E-state index is 0.215. The van der Waals surface area contributed by atoms with Gasteiger partial charge in [-0.05, 0) is 103 Å². The molecule has 4 aliphatic carbocycles. The number of carbonyl (C=O) groups is 2. The quantitative estimate of drug-likeness (QED) is 0.273. The number of carbonyl (C=O) groups excluding carboxylic acids is 2. The van der Waals surface area contributed by atoms with Crippen molar-refractivity contribution in [2.75, 3.05) is 0 Å². The minimum Gasteiger partial charge on any atom is -0.361 e. The van der Waals surface area contributed by atoms with Crippen molar-refractivity contribution in [3.8, 4) is 0 Å². The molecule has 0 aliphatic heterocycles. The second-order valence-electron chi connectivity index (χ2n) is 12.4. The standard InChI is InChI=1S/C34H36N4O2/c39-32(26-7-9-28(10-8-26)34-16-23-12-24(17-34)14-25(13-23)18-34)38-31(33(40)37-20-22-4-3-11-35-19-22)15-27-21-36-30-6-2-1-5-29(27)30/h1-11,19,21,23-25,31,36H,12-18,20H2,(H,37,40)(H,38,39)/t23?,24?,25?,31-,34?/m0/s1. The second-order valence-corrected chi connectivity index (χ2v) is 12.4. The molecule has 204 valence electrons. The fourth-order valence-corrected chi connectivity index (χ4v) is 8.23. The molecule has 1 atom stereocenters. The zero-order valence-electron chi connectivity index (χ0n) is 22.7. The molecular weight excluding hydrogens is 496 g/mol. The van der Waals surface area contributed by atoms with Crippen LogP contribution in [-0.4, -0.2) is 27.8 Å². The van der Waals surface area contributed by atoms with E-state index in [2.05, 4.69) is 32.7 Å². The van der Waals surface area contributed by atoms with Gasteiger partial charge in [-0.2, -0.15) is 0 Å². The summed E-state index contributed by atoms with van der Waals surface area (Å²) in [5.74, 6) is 2.20. The Hall–Kier alpha value is -3.93. The van der Waals surface area contributed by atoms with Gasteiger partial charge in [0.1, 0.15) is 6.04 Å². The highest BCUT2D eigenvalue weighted by Crippen LogP contribution is 2.60. The lowest BCUT2D eigenvalue weighted by atomic mass is 9.48. The van der Waals surface area contributed by atoms with E-state index in [1.807, 2.05) is 54.7 Å². The van der Waals surface area contributed by atoms with Gasteiger partial charge in [0.05, 0.1) is 0 Å². The van der Waals surface area contributed by atoms with Crippen LogP contribution in [0.4, 0.5) is 0 Å². The van der Waals surface area contributed by atoms with Gasteiger partial charge in [-0.3, -0.25) is 14.6 Å². The number of aromatic nitrogens is 2. The average molecular weight is 533 g/mol. The molecular formula is C34H36N4O2. The minimum atomic E-state index is -0.716. The van der Waals surface area contributed by atoms with E-state index in [0.717, 1.165) is 39.8 Å². The zero-order chi connectivity index (χ0) is 27.1. The Morgan fingerprint density at radius 1 is 0.925 bits per heavy atom. The van der Waals surface area contributed by atoms with Gasteiger partial charge >= 0.3 is 0 Å². The molecule has 2 aromatic carbocycles. The van der Waals surface area contributed by atoms with Gasteiger partial charge in [-0.15, -0.1) is 0 Å². The Kier molecular flexibility index (Phi) is 6.41. The molecule has 3 N–H and O–H groups in total. The number of H-pyrrole nitrogens is 1. The fourth-order valence-electron chi connectivity index (χ4n) is 8.23. The molecule has 2 aromatic heterocycles.